The van der Waals surface area contributed by atoms with Crippen molar-refractivity contribution in [2.24, 2.45) is 11.5 Å². The van der Waals surface area contributed by atoms with E-state index in [0.717, 1.165) is 0 Å². The van der Waals surface area contributed by atoms with Gasteiger partial charge in [-0.3, -0.25) is 24.0 Å². The summed E-state index contributed by atoms with van der Waals surface area (Å²) in [6.07, 6.45) is 1.64. The molecule has 4 amide bonds. The Kier molecular flexibility index (Phi) is 13.1. The van der Waals surface area contributed by atoms with E-state index in [9.17, 15) is 28.8 Å². The van der Waals surface area contributed by atoms with Gasteiger partial charge in [0, 0.05) is 6.42 Å². The van der Waals surface area contributed by atoms with E-state index < -0.39 is 60.2 Å². The first kappa shape index (κ1) is 27.3. The average Bonchev–Trinajstić information content (AvgIpc) is 2.67. The first-order valence-corrected chi connectivity index (χ1v) is 10.5. The van der Waals surface area contributed by atoms with Gasteiger partial charge in [0.25, 0.3) is 0 Å². The molecule has 12 nitrogen and oxygen atoms in total. The van der Waals surface area contributed by atoms with Gasteiger partial charge >= 0.3 is 5.97 Å². The fourth-order valence-corrected chi connectivity index (χ4v) is 2.69. The number of nitrogens with two attached hydrogens (primary N) is 2. The number of carbonyl (C=O) groups excluding carboxylic acids is 5. The molecule has 0 bridgehead atoms. The van der Waals surface area contributed by atoms with Crippen LogP contribution in [0.2, 0.25) is 0 Å². The van der Waals surface area contributed by atoms with E-state index in [4.69, 9.17) is 16.6 Å². The second kappa shape index (κ2) is 14.3. The number of rotatable bonds is 15. The lowest BCUT2D eigenvalue weighted by Crippen LogP contribution is -2.56. The quantitative estimate of drug-likeness (QED) is 0.146. The van der Waals surface area contributed by atoms with Gasteiger partial charge in [-0.2, -0.15) is 11.8 Å². The number of nitrogens with one attached hydrogen (secondary N) is 3. The van der Waals surface area contributed by atoms with Crippen LogP contribution in [0, 0.1) is 0 Å². The second-order valence-electron chi connectivity index (χ2n) is 6.53. The molecular formula is C17H29N5O7S. The van der Waals surface area contributed by atoms with Crippen LogP contribution in [-0.4, -0.2) is 77.2 Å². The molecule has 8 N–H and O–H groups in total. The smallest absolute Gasteiger partial charge is 0.305 e. The summed E-state index contributed by atoms with van der Waals surface area (Å²) in [6, 6.07) is -4.48. The van der Waals surface area contributed by atoms with Crippen molar-refractivity contribution >= 4 is 47.6 Å². The number of amides is 4. The Morgan fingerprint density at radius 2 is 1.67 bits per heavy atom. The molecule has 0 rings (SSSR count). The van der Waals surface area contributed by atoms with Crippen LogP contribution in [-0.2, 0) is 28.8 Å². The monoisotopic (exact) mass is 447 g/mol. The Balaban J connectivity index is 4.96. The molecule has 0 unspecified atom stereocenters. The van der Waals surface area contributed by atoms with Crippen LogP contribution >= 0.6 is 11.8 Å². The fourth-order valence-electron chi connectivity index (χ4n) is 2.20. The van der Waals surface area contributed by atoms with Gasteiger partial charge in [0.1, 0.15) is 18.4 Å². The molecule has 0 aromatic heterocycles. The Hall–Kier alpha value is -2.67. The summed E-state index contributed by atoms with van der Waals surface area (Å²) in [5, 5.41) is 15.9. The molecule has 0 aliphatic heterocycles. The maximum absolute atomic E-state index is 12.3. The summed E-state index contributed by atoms with van der Waals surface area (Å²) in [4.78, 5) is 69.6. The minimum atomic E-state index is -1.50. The van der Waals surface area contributed by atoms with Crippen LogP contribution < -0.4 is 27.4 Å². The molecule has 0 heterocycles. The number of primary amides is 1. The van der Waals surface area contributed by atoms with Gasteiger partial charge in [-0.25, -0.2) is 0 Å². The molecule has 0 aliphatic rings. The van der Waals surface area contributed by atoms with E-state index in [-0.39, 0.29) is 12.8 Å². The number of thioether (sulfide) groups is 1. The van der Waals surface area contributed by atoms with Gasteiger partial charge in [0.15, 0.2) is 0 Å². The van der Waals surface area contributed by atoms with Crippen molar-refractivity contribution in [1.29, 1.82) is 0 Å². The van der Waals surface area contributed by atoms with Crippen molar-refractivity contribution in [3.8, 4) is 0 Å². The van der Waals surface area contributed by atoms with E-state index in [1.807, 2.05) is 6.26 Å². The Bertz CT molecular complexity index is 646. The summed E-state index contributed by atoms with van der Waals surface area (Å²) in [5.41, 5.74) is 10.7. The van der Waals surface area contributed by atoms with Gasteiger partial charge in [0.05, 0.1) is 18.5 Å². The largest absolute Gasteiger partial charge is 0.481 e. The number of hydrogen-bond donors (Lipinski definition) is 6. The molecule has 0 spiro atoms. The fraction of sp³-hybridized carbons (Fsp3) is 0.647. The van der Waals surface area contributed by atoms with Crippen molar-refractivity contribution in [2.45, 2.75) is 56.8 Å². The standard InChI is InChI=1S/C17H29N5O7S/c1-9(20-16(28)11(18)5-6-30-2)15(27)22-12(7-14(25)26)17(29)21-10(8-23)3-4-13(19)24/h8-12H,3-7,18H2,1-2H3,(H2,19,24)(H,20,28)(H,21,29)(H,22,27)(H,25,26)/t9-,10-,11-,12-/m0/s1. The zero-order chi connectivity index (χ0) is 23.3. The molecule has 0 aliphatic carbocycles. The Morgan fingerprint density at radius 3 is 2.17 bits per heavy atom. The van der Waals surface area contributed by atoms with Crippen LogP contribution in [0.4, 0.5) is 0 Å². The lowest BCUT2D eigenvalue weighted by molar-refractivity contribution is -0.141. The lowest BCUT2D eigenvalue weighted by atomic mass is 10.1. The molecule has 13 heteroatoms. The van der Waals surface area contributed by atoms with Gasteiger partial charge in [0.2, 0.25) is 23.6 Å². The van der Waals surface area contributed by atoms with E-state index in [2.05, 4.69) is 16.0 Å². The summed E-state index contributed by atoms with van der Waals surface area (Å²) in [5.74, 6) is -3.68. The van der Waals surface area contributed by atoms with Crippen LogP contribution in [0.3, 0.4) is 0 Å². The SMILES string of the molecule is CSCC[C@H](N)C(=O)N[C@@H](C)C(=O)N[C@@H](CC(=O)O)C(=O)N[C@H](C=O)CCC(N)=O. The summed E-state index contributed by atoms with van der Waals surface area (Å²) in [6.45, 7) is 1.35. The van der Waals surface area contributed by atoms with Crippen molar-refractivity contribution in [2.75, 3.05) is 12.0 Å². The predicted molar refractivity (Wildman–Crippen MR) is 109 cm³/mol. The summed E-state index contributed by atoms with van der Waals surface area (Å²) in [7, 11) is 0. The lowest BCUT2D eigenvalue weighted by Gasteiger charge is -2.22. The van der Waals surface area contributed by atoms with Gasteiger partial charge in [-0.15, -0.1) is 0 Å². The first-order valence-electron chi connectivity index (χ1n) is 9.12. The van der Waals surface area contributed by atoms with Crippen LogP contribution in [0.25, 0.3) is 0 Å². The zero-order valence-corrected chi connectivity index (χ0v) is 17.7. The van der Waals surface area contributed by atoms with Crippen molar-refractivity contribution in [3.63, 3.8) is 0 Å². The van der Waals surface area contributed by atoms with Crippen LogP contribution in [0.5, 0.6) is 0 Å². The van der Waals surface area contributed by atoms with Crippen LogP contribution in [0.1, 0.15) is 32.6 Å². The number of aliphatic carboxylic acids is 1. The normalized spacial score (nSPS) is 14.5. The highest BCUT2D eigenvalue weighted by Gasteiger charge is 2.28. The Morgan fingerprint density at radius 1 is 1.03 bits per heavy atom. The third-order valence-electron chi connectivity index (χ3n) is 3.93. The van der Waals surface area contributed by atoms with E-state index in [1.165, 1.54) is 18.7 Å². The summed E-state index contributed by atoms with van der Waals surface area (Å²) < 4.78 is 0. The van der Waals surface area contributed by atoms with Gasteiger partial charge in [-0.1, -0.05) is 0 Å². The molecule has 0 fully saturated rings. The zero-order valence-electron chi connectivity index (χ0n) is 16.9. The maximum Gasteiger partial charge on any atom is 0.305 e. The molecule has 0 saturated heterocycles. The molecule has 0 radical (unpaired) electrons. The van der Waals surface area contributed by atoms with Gasteiger partial charge in [-0.05, 0) is 31.8 Å². The van der Waals surface area contributed by atoms with E-state index in [0.29, 0.717) is 18.5 Å². The number of carbonyl (C=O) groups is 6. The molecule has 0 aromatic carbocycles. The third-order valence-corrected chi connectivity index (χ3v) is 4.57. The van der Waals surface area contributed by atoms with E-state index in [1.54, 1.807) is 0 Å². The third kappa shape index (κ3) is 11.4. The predicted octanol–water partition coefficient (Wildman–Crippen LogP) is -2.52. The number of hydrogen-bond acceptors (Lipinski definition) is 8. The highest BCUT2D eigenvalue weighted by atomic mass is 32.2. The molecule has 4 atom stereocenters. The van der Waals surface area contributed by atoms with Crippen LogP contribution in [0.15, 0.2) is 0 Å². The number of carboxylic acids is 1. The number of aldehydes is 1. The van der Waals surface area contributed by atoms with Gasteiger partial charge < -0.3 is 37.3 Å². The highest BCUT2D eigenvalue weighted by Crippen LogP contribution is 2.01. The topological polar surface area (TPSA) is 211 Å². The molecule has 170 valence electrons. The number of carboxylic acid groups (broad SMARTS) is 1. The van der Waals surface area contributed by atoms with Crippen molar-refractivity contribution < 1.29 is 33.9 Å². The van der Waals surface area contributed by atoms with Crippen molar-refractivity contribution in [3.05, 3.63) is 0 Å². The average molecular weight is 448 g/mol. The van der Waals surface area contributed by atoms with E-state index >= 15 is 0 Å². The minimum absolute atomic E-state index is 0.0707. The maximum atomic E-state index is 12.3. The highest BCUT2D eigenvalue weighted by molar-refractivity contribution is 7.98. The first-order chi connectivity index (χ1) is 14.0. The molecule has 0 aromatic rings. The molecule has 30 heavy (non-hydrogen) atoms. The molecular weight excluding hydrogens is 418 g/mol. The summed E-state index contributed by atoms with van der Waals surface area (Å²) >= 11 is 1.51. The Labute approximate surface area is 178 Å². The molecule has 0 saturated carbocycles. The second-order valence-corrected chi connectivity index (χ2v) is 7.52. The van der Waals surface area contributed by atoms with Crippen molar-refractivity contribution in [1.82, 2.24) is 16.0 Å². The minimum Gasteiger partial charge on any atom is -0.481 e.